The Morgan fingerprint density at radius 3 is 2.65 bits per heavy atom. The average Bonchev–Trinajstić information content (AvgIpc) is 3.09. The Kier molecular flexibility index (Phi) is 5.12. The summed E-state index contributed by atoms with van der Waals surface area (Å²) in [5.41, 5.74) is -0.523. The number of aromatic nitrogens is 2. The fourth-order valence-corrected chi connectivity index (χ4v) is 2.68. The van der Waals surface area contributed by atoms with Crippen LogP contribution < -0.4 is 0 Å². The van der Waals surface area contributed by atoms with Gasteiger partial charge in [0.15, 0.2) is 0 Å². The SMILES string of the molecule is COC(=O)N1CCN(Cc2nc(-c3cccc(C(F)(F)F)c3)no2)CC1. The van der Waals surface area contributed by atoms with Gasteiger partial charge < -0.3 is 14.2 Å². The highest BCUT2D eigenvalue weighted by Gasteiger charge is 2.31. The second-order valence-corrected chi connectivity index (χ2v) is 5.82. The zero-order chi connectivity index (χ0) is 18.7. The van der Waals surface area contributed by atoms with E-state index >= 15 is 0 Å². The van der Waals surface area contributed by atoms with Crippen molar-refractivity contribution in [3.05, 3.63) is 35.7 Å². The molecule has 0 aliphatic carbocycles. The highest BCUT2D eigenvalue weighted by molar-refractivity contribution is 5.67. The van der Waals surface area contributed by atoms with Crippen LogP contribution in [0.3, 0.4) is 0 Å². The Labute approximate surface area is 147 Å². The van der Waals surface area contributed by atoms with Gasteiger partial charge >= 0.3 is 12.3 Å². The number of piperazine rings is 1. The van der Waals surface area contributed by atoms with Crippen LogP contribution in [0.25, 0.3) is 11.4 Å². The fourth-order valence-electron chi connectivity index (χ4n) is 2.68. The van der Waals surface area contributed by atoms with Crippen molar-refractivity contribution in [3.8, 4) is 11.4 Å². The van der Waals surface area contributed by atoms with Crippen molar-refractivity contribution in [2.45, 2.75) is 12.7 Å². The Hall–Kier alpha value is -2.62. The first kappa shape index (κ1) is 18.2. The van der Waals surface area contributed by atoms with E-state index in [0.717, 1.165) is 12.1 Å². The van der Waals surface area contributed by atoms with Gasteiger partial charge in [-0.2, -0.15) is 18.2 Å². The lowest BCUT2D eigenvalue weighted by molar-refractivity contribution is -0.137. The van der Waals surface area contributed by atoms with Crippen LogP contribution in [0.2, 0.25) is 0 Å². The molecule has 7 nitrogen and oxygen atoms in total. The summed E-state index contributed by atoms with van der Waals surface area (Å²) in [5.74, 6) is 0.420. The molecule has 1 saturated heterocycles. The number of hydrogen-bond donors (Lipinski definition) is 0. The zero-order valence-corrected chi connectivity index (χ0v) is 14.0. The summed E-state index contributed by atoms with van der Waals surface area (Å²) in [6.45, 7) is 2.61. The van der Waals surface area contributed by atoms with Crippen molar-refractivity contribution in [2.75, 3.05) is 33.3 Å². The number of benzene rings is 1. The van der Waals surface area contributed by atoms with Gasteiger partial charge in [-0.3, -0.25) is 4.90 Å². The fraction of sp³-hybridized carbons (Fsp3) is 0.438. The molecule has 1 aromatic heterocycles. The molecule has 3 rings (SSSR count). The van der Waals surface area contributed by atoms with E-state index in [1.165, 1.54) is 19.2 Å². The highest BCUT2D eigenvalue weighted by atomic mass is 19.4. The van der Waals surface area contributed by atoms with Gasteiger partial charge in [0, 0.05) is 31.7 Å². The molecule has 2 aromatic rings. The van der Waals surface area contributed by atoms with E-state index in [1.807, 2.05) is 4.90 Å². The number of hydrogen-bond acceptors (Lipinski definition) is 6. The number of halogens is 3. The van der Waals surface area contributed by atoms with E-state index < -0.39 is 11.7 Å². The van der Waals surface area contributed by atoms with Gasteiger partial charge in [-0.25, -0.2) is 4.79 Å². The maximum atomic E-state index is 12.8. The summed E-state index contributed by atoms with van der Waals surface area (Å²) >= 11 is 0. The van der Waals surface area contributed by atoms with Crippen LogP contribution in [0, 0.1) is 0 Å². The van der Waals surface area contributed by atoms with Gasteiger partial charge in [-0.1, -0.05) is 17.3 Å². The van der Waals surface area contributed by atoms with Crippen molar-refractivity contribution in [2.24, 2.45) is 0 Å². The van der Waals surface area contributed by atoms with Crippen LogP contribution in [0.15, 0.2) is 28.8 Å². The number of methoxy groups -OCH3 is 1. The molecule has 140 valence electrons. The second kappa shape index (κ2) is 7.32. The second-order valence-electron chi connectivity index (χ2n) is 5.82. The van der Waals surface area contributed by atoms with Crippen molar-refractivity contribution in [3.63, 3.8) is 0 Å². The number of rotatable bonds is 3. The maximum absolute atomic E-state index is 12.8. The third-order valence-corrected chi connectivity index (χ3v) is 4.08. The molecule has 26 heavy (non-hydrogen) atoms. The number of amides is 1. The van der Waals surface area contributed by atoms with Crippen LogP contribution in [-0.2, 0) is 17.5 Å². The topological polar surface area (TPSA) is 71.7 Å². The first-order chi connectivity index (χ1) is 12.4. The van der Waals surface area contributed by atoms with Gasteiger partial charge in [0.05, 0.1) is 19.2 Å². The Morgan fingerprint density at radius 1 is 1.27 bits per heavy atom. The van der Waals surface area contributed by atoms with Gasteiger partial charge in [0.2, 0.25) is 11.7 Å². The molecule has 1 aliphatic rings. The highest BCUT2D eigenvalue weighted by Crippen LogP contribution is 2.31. The first-order valence-electron chi connectivity index (χ1n) is 7.92. The molecule has 1 aliphatic heterocycles. The largest absolute Gasteiger partial charge is 0.453 e. The van der Waals surface area contributed by atoms with Crippen LogP contribution >= 0.6 is 0 Å². The molecule has 0 N–H and O–H groups in total. The molecular formula is C16H17F3N4O3. The number of ether oxygens (including phenoxy) is 1. The number of nitrogens with zero attached hydrogens (tertiary/aromatic N) is 4. The summed E-state index contributed by atoms with van der Waals surface area (Å²) in [7, 11) is 1.34. The number of carbonyl (C=O) groups is 1. The zero-order valence-electron chi connectivity index (χ0n) is 14.0. The predicted molar refractivity (Wildman–Crippen MR) is 84.0 cm³/mol. The lowest BCUT2D eigenvalue weighted by Gasteiger charge is -2.32. The molecule has 0 atom stereocenters. The van der Waals surface area contributed by atoms with Gasteiger partial charge in [-0.15, -0.1) is 0 Å². The third kappa shape index (κ3) is 4.13. The summed E-state index contributed by atoms with van der Waals surface area (Å²) in [5, 5.41) is 3.77. The summed E-state index contributed by atoms with van der Waals surface area (Å²) in [6, 6.07) is 4.79. The molecule has 1 fully saturated rings. The molecule has 1 amide bonds. The minimum absolute atomic E-state index is 0.110. The van der Waals surface area contributed by atoms with Crippen molar-refractivity contribution < 1.29 is 27.2 Å². The van der Waals surface area contributed by atoms with E-state index in [1.54, 1.807) is 4.90 Å². The van der Waals surface area contributed by atoms with Crippen LogP contribution in [0.5, 0.6) is 0 Å². The summed E-state index contributed by atoms with van der Waals surface area (Å²) in [4.78, 5) is 19.2. The monoisotopic (exact) mass is 370 g/mol. The Bertz CT molecular complexity index is 770. The first-order valence-corrected chi connectivity index (χ1v) is 7.92. The summed E-state index contributed by atoms with van der Waals surface area (Å²) < 4.78 is 48.2. The predicted octanol–water partition coefficient (Wildman–Crippen LogP) is 2.64. The quantitative estimate of drug-likeness (QED) is 0.827. The smallest absolute Gasteiger partial charge is 0.416 e. The molecular weight excluding hydrogens is 353 g/mol. The number of carbonyl (C=O) groups excluding carboxylic acids is 1. The van der Waals surface area contributed by atoms with E-state index in [2.05, 4.69) is 14.9 Å². The van der Waals surface area contributed by atoms with Crippen molar-refractivity contribution >= 4 is 6.09 Å². The molecule has 0 radical (unpaired) electrons. The molecule has 0 spiro atoms. The van der Waals surface area contributed by atoms with Crippen LogP contribution in [0.1, 0.15) is 11.5 Å². The standard InChI is InChI=1S/C16H17F3N4O3/c1-25-15(24)23-7-5-22(6-8-23)10-13-20-14(21-26-13)11-3-2-4-12(9-11)16(17,18)19/h2-4,9H,5-8,10H2,1H3. The molecule has 0 saturated carbocycles. The molecule has 0 bridgehead atoms. The Balaban J connectivity index is 1.63. The normalized spacial score (nSPS) is 15.9. The van der Waals surface area contributed by atoms with Crippen LogP contribution in [-0.4, -0.2) is 59.3 Å². The van der Waals surface area contributed by atoms with E-state index in [9.17, 15) is 18.0 Å². The van der Waals surface area contributed by atoms with Gasteiger partial charge in [-0.05, 0) is 12.1 Å². The van der Waals surface area contributed by atoms with E-state index in [-0.39, 0.29) is 17.5 Å². The van der Waals surface area contributed by atoms with Gasteiger partial charge in [0.25, 0.3) is 0 Å². The molecule has 0 unspecified atom stereocenters. The maximum Gasteiger partial charge on any atom is 0.416 e. The minimum atomic E-state index is -4.43. The average molecular weight is 370 g/mol. The molecule has 2 heterocycles. The van der Waals surface area contributed by atoms with Crippen molar-refractivity contribution in [1.29, 1.82) is 0 Å². The van der Waals surface area contributed by atoms with E-state index in [0.29, 0.717) is 38.6 Å². The lowest BCUT2D eigenvalue weighted by atomic mass is 10.1. The minimum Gasteiger partial charge on any atom is -0.453 e. The number of alkyl halides is 3. The third-order valence-electron chi connectivity index (χ3n) is 4.08. The Morgan fingerprint density at radius 2 is 2.00 bits per heavy atom. The molecule has 1 aromatic carbocycles. The van der Waals surface area contributed by atoms with Gasteiger partial charge in [0.1, 0.15) is 0 Å². The molecule has 10 heteroatoms. The summed E-state index contributed by atoms with van der Waals surface area (Å²) in [6.07, 6.45) is -4.80. The van der Waals surface area contributed by atoms with Crippen LogP contribution in [0.4, 0.5) is 18.0 Å². The van der Waals surface area contributed by atoms with Crippen molar-refractivity contribution in [1.82, 2.24) is 19.9 Å². The lowest BCUT2D eigenvalue weighted by Crippen LogP contribution is -2.48. The van der Waals surface area contributed by atoms with E-state index in [4.69, 9.17) is 4.52 Å².